The van der Waals surface area contributed by atoms with Crippen LogP contribution in [0, 0.1) is 0 Å². The van der Waals surface area contributed by atoms with Gasteiger partial charge in [0, 0.05) is 17.7 Å². The first-order valence-electron chi connectivity index (χ1n) is 10.6. The Bertz CT molecular complexity index is 1270. The van der Waals surface area contributed by atoms with Crippen molar-refractivity contribution in [1.29, 1.82) is 0 Å². The molecule has 1 aliphatic heterocycles. The predicted octanol–water partition coefficient (Wildman–Crippen LogP) is 3.43. The SMILES string of the molecule is COc1ccc([C@@H]2C3=C(C[C@@H](c4ccc(OC)c(OC)c4)CC3=O)Nc3ncnn32)cc1O. The minimum absolute atomic E-state index is 0.00353. The summed E-state index contributed by atoms with van der Waals surface area (Å²) in [6.07, 6.45) is 2.42. The zero-order valence-electron chi connectivity index (χ0n) is 18.5. The van der Waals surface area contributed by atoms with Gasteiger partial charge < -0.3 is 24.6 Å². The number of aromatic hydroxyl groups is 1. The van der Waals surface area contributed by atoms with E-state index in [1.807, 2.05) is 24.3 Å². The van der Waals surface area contributed by atoms with Crippen LogP contribution in [0.5, 0.6) is 23.0 Å². The number of ketones is 1. The highest BCUT2D eigenvalue weighted by Crippen LogP contribution is 2.45. The second-order valence-corrected chi connectivity index (χ2v) is 8.02. The highest BCUT2D eigenvalue weighted by molar-refractivity contribution is 6.00. The third-order valence-electron chi connectivity index (χ3n) is 6.26. The fourth-order valence-corrected chi connectivity index (χ4v) is 4.68. The summed E-state index contributed by atoms with van der Waals surface area (Å²) in [6.45, 7) is 0. The highest BCUT2D eigenvalue weighted by atomic mass is 16.5. The fraction of sp³-hybridized carbons (Fsp3) is 0.292. The van der Waals surface area contributed by atoms with Crippen LogP contribution in [0.1, 0.15) is 35.9 Å². The summed E-state index contributed by atoms with van der Waals surface area (Å²) >= 11 is 0. The van der Waals surface area contributed by atoms with Crippen molar-refractivity contribution < 1.29 is 24.1 Å². The second-order valence-electron chi connectivity index (χ2n) is 8.02. The molecule has 9 nitrogen and oxygen atoms in total. The van der Waals surface area contributed by atoms with Gasteiger partial charge in [-0.25, -0.2) is 4.68 Å². The van der Waals surface area contributed by atoms with Gasteiger partial charge in [0.05, 0.1) is 21.3 Å². The van der Waals surface area contributed by atoms with E-state index in [0.717, 1.165) is 16.8 Å². The molecule has 1 aromatic heterocycles. The van der Waals surface area contributed by atoms with Crippen molar-refractivity contribution in [1.82, 2.24) is 14.8 Å². The number of methoxy groups -OCH3 is 3. The number of phenols is 1. The molecule has 3 aromatic rings. The third-order valence-corrected chi connectivity index (χ3v) is 6.26. The quantitative estimate of drug-likeness (QED) is 0.611. The molecule has 0 radical (unpaired) electrons. The molecule has 0 unspecified atom stereocenters. The molecule has 33 heavy (non-hydrogen) atoms. The van der Waals surface area contributed by atoms with Gasteiger partial charge in [0.2, 0.25) is 5.95 Å². The topological polar surface area (TPSA) is 108 Å². The molecule has 0 amide bonds. The normalized spacial score (nSPS) is 19.4. The summed E-state index contributed by atoms with van der Waals surface area (Å²) in [5, 5.41) is 18.0. The Labute approximate surface area is 190 Å². The molecule has 0 spiro atoms. The van der Waals surface area contributed by atoms with Crippen molar-refractivity contribution in [3.8, 4) is 23.0 Å². The van der Waals surface area contributed by atoms with E-state index in [-0.39, 0.29) is 17.5 Å². The lowest BCUT2D eigenvalue weighted by Crippen LogP contribution is -2.33. The van der Waals surface area contributed by atoms with E-state index in [1.54, 1.807) is 31.0 Å². The van der Waals surface area contributed by atoms with E-state index in [4.69, 9.17) is 14.2 Å². The van der Waals surface area contributed by atoms with Gasteiger partial charge in [-0.3, -0.25) is 4.79 Å². The molecule has 0 bridgehead atoms. The molecule has 5 rings (SSSR count). The molecule has 0 fully saturated rings. The van der Waals surface area contributed by atoms with Crippen LogP contribution in [0.15, 0.2) is 54.0 Å². The zero-order chi connectivity index (χ0) is 23.1. The van der Waals surface area contributed by atoms with E-state index in [9.17, 15) is 9.90 Å². The van der Waals surface area contributed by atoms with Gasteiger partial charge in [0.1, 0.15) is 12.4 Å². The molecule has 2 aromatic carbocycles. The minimum atomic E-state index is -0.491. The summed E-state index contributed by atoms with van der Waals surface area (Å²) in [6, 6.07) is 10.4. The van der Waals surface area contributed by atoms with Crippen molar-refractivity contribution in [3.05, 3.63) is 65.1 Å². The summed E-state index contributed by atoms with van der Waals surface area (Å²) in [5.74, 6) is 2.19. The number of nitrogens with zero attached hydrogens (tertiary/aromatic N) is 3. The van der Waals surface area contributed by atoms with Crippen molar-refractivity contribution >= 4 is 11.7 Å². The van der Waals surface area contributed by atoms with Crippen LogP contribution < -0.4 is 19.5 Å². The van der Waals surface area contributed by atoms with E-state index in [0.29, 0.717) is 41.6 Å². The maximum atomic E-state index is 13.5. The number of Topliss-reactive ketones (excluding diaryl/α,β-unsaturated/α-hetero) is 1. The Morgan fingerprint density at radius 3 is 2.42 bits per heavy atom. The van der Waals surface area contributed by atoms with Gasteiger partial charge in [-0.2, -0.15) is 10.1 Å². The van der Waals surface area contributed by atoms with Crippen molar-refractivity contribution in [2.24, 2.45) is 0 Å². The van der Waals surface area contributed by atoms with Crippen LogP contribution in [0.3, 0.4) is 0 Å². The van der Waals surface area contributed by atoms with Crippen LogP contribution in [0.25, 0.3) is 0 Å². The number of benzene rings is 2. The van der Waals surface area contributed by atoms with Gasteiger partial charge in [0.15, 0.2) is 28.8 Å². The molecule has 170 valence electrons. The van der Waals surface area contributed by atoms with Crippen molar-refractivity contribution in [3.63, 3.8) is 0 Å². The van der Waals surface area contributed by atoms with Gasteiger partial charge in [-0.1, -0.05) is 12.1 Å². The van der Waals surface area contributed by atoms with Crippen molar-refractivity contribution in [2.45, 2.75) is 24.8 Å². The van der Waals surface area contributed by atoms with E-state index < -0.39 is 6.04 Å². The average Bonchev–Trinajstić information content (AvgIpc) is 3.30. The largest absolute Gasteiger partial charge is 0.504 e. The Morgan fingerprint density at radius 1 is 0.970 bits per heavy atom. The number of nitrogens with one attached hydrogen (secondary N) is 1. The lowest BCUT2D eigenvalue weighted by atomic mass is 9.78. The summed E-state index contributed by atoms with van der Waals surface area (Å²) < 4.78 is 17.6. The number of hydrogen-bond donors (Lipinski definition) is 2. The number of aromatic nitrogens is 3. The van der Waals surface area contributed by atoms with Gasteiger partial charge in [-0.05, 0) is 47.7 Å². The van der Waals surface area contributed by atoms with E-state index in [2.05, 4.69) is 15.4 Å². The molecule has 1 aliphatic carbocycles. The van der Waals surface area contributed by atoms with Crippen LogP contribution in [0.2, 0.25) is 0 Å². The Hall–Kier alpha value is -4.01. The number of ether oxygens (including phenoxy) is 3. The lowest BCUT2D eigenvalue weighted by Gasteiger charge is -2.35. The molecular formula is C24H24N4O5. The fourth-order valence-electron chi connectivity index (χ4n) is 4.68. The van der Waals surface area contributed by atoms with Crippen molar-refractivity contribution in [2.75, 3.05) is 26.6 Å². The molecule has 2 heterocycles. The maximum Gasteiger partial charge on any atom is 0.226 e. The number of allylic oxidation sites excluding steroid dienone is 2. The zero-order valence-corrected chi connectivity index (χ0v) is 18.5. The monoisotopic (exact) mass is 448 g/mol. The average molecular weight is 448 g/mol. The predicted molar refractivity (Wildman–Crippen MR) is 120 cm³/mol. The van der Waals surface area contributed by atoms with Crippen LogP contribution in [-0.2, 0) is 4.79 Å². The third kappa shape index (κ3) is 3.45. The first-order chi connectivity index (χ1) is 16.0. The van der Waals surface area contributed by atoms with Gasteiger partial charge >= 0.3 is 0 Å². The summed E-state index contributed by atoms with van der Waals surface area (Å²) in [7, 11) is 4.69. The molecule has 2 aliphatic rings. The number of rotatable bonds is 5. The highest BCUT2D eigenvalue weighted by Gasteiger charge is 2.39. The molecule has 9 heteroatoms. The molecule has 2 N–H and O–H groups in total. The number of anilines is 1. The number of fused-ring (bicyclic) bond motifs is 1. The minimum Gasteiger partial charge on any atom is -0.504 e. The Balaban J connectivity index is 1.56. The molecular weight excluding hydrogens is 424 g/mol. The number of hydrogen-bond acceptors (Lipinski definition) is 8. The molecule has 2 atom stereocenters. The van der Waals surface area contributed by atoms with Gasteiger partial charge in [0.25, 0.3) is 0 Å². The van der Waals surface area contributed by atoms with Crippen LogP contribution in [-0.4, -0.2) is 47.0 Å². The van der Waals surface area contributed by atoms with E-state index in [1.165, 1.54) is 13.4 Å². The summed E-state index contributed by atoms with van der Waals surface area (Å²) in [4.78, 5) is 17.8. The van der Waals surface area contributed by atoms with Gasteiger partial charge in [-0.15, -0.1) is 0 Å². The smallest absolute Gasteiger partial charge is 0.226 e. The number of carbonyl (C=O) groups excluding carboxylic acids is 1. The summed E-state index contributed by atoms with van der Waals surface area (Å²) in [5.41, 5.74) is 3.17. The van der Waals surface area contributed by atoms with E-state index >= 15 is 0 Å². The van der Waals surface area contributed by atoms with Crippen LogP contribution in [0.4, 0.5) is 5.95 Å². The molecule has 0 saturated carbocycles. The maximum absolute atomic E-state index is 13.5. The first-order valence-corrected chi connectivity index (χ1v) is 10.6. The first kappa shape index (κ1) is 20.9. The Kier molecular flexibility index (Phi) is 5.16. The van der Waals surface area contributed by atoms with Crippen LogP contribution >= 0.6 is 0 Å². The number of phenolic OH excluding ortho intramolecular Hbond substituents is 1. The Morgan fingerprint density at radius 2 is 1.70 bits per heavy atom. The molecule has 0 saturated heterocycles. The second kappa shape index (κ2) is 8.16. The lowest BCUT2D eigenvalue weighted by molar-refractivity contribution is -0.116. The number of carbonyl (C=O) groups is 1. The standard InChI is InChI=1S/C24H24N4O5/c1-31-19-6-5-14(9-17(19)29)23-22-16(27-24-25-12-26-28(23)24)8-15(10-18(22)30)13-4-7-20(32-2)21(11-13)33-3/h4-7,9,11-12,15,23,29H,8,10H2,1-3H3,(H,25,26,27)/t15-,23-/m1/s1.